The van der Waals surface area contributed by atoms with Gasteiger partial charge < -0.3 is 4.90 Å². The van der Waals surface area contributed by atoms with Gasteiger partial charge in [-0.25, -0.2) is 4.98 Å². The number of nitrogens with zero attached hydrogens (tertiary/aromatic N) is 5. The molecule has 1 fully saturated rings. The Morgan fingerprint density at radius 3 is 2.78 bits per heavy atom. The van der Waals surface area contributed by atoms with E-state index in [2.05, 4.69) is 38.4 Å². The van der Waals surface area contributed by atoms with Crippen molar-refractivity contribution in [3.8, 4) is 11.3 Å². The molecule has 0 atom stereocenters. The first-order valence-electron chi connectivity index (χ1n) is 11.1. The minimum absolute atomic E-state index is 0.169. The van der Waals surface area contributed by atoms with E-state index in [1.54, 1.807) is 0 Å². The van der Waals surface area contributed by atoms with Crippen molar-refractivity contribution < 1.29 is 8.78 Å². The molecule has 4 heterocycles. The third kappa shape index (κ3) is 3.34. The highest BCUT2D eigenvalue weighted by Crippen LogP contribution is 2.39. The summed E-state index contributed by atoms with van der Waals surface area (Å²) in [5, 5.41) is 6.70. The van der Waals surface area contributed by atoms with Crippen molar-refractivity contribution in [2.45, 2.75) is 38.0 Å². The Morgan fingerprint density at radius 1 is 1.16 bits per heavy atom. The Hall–Kier alpha value is -3.29. The standard InChI is InChI=1S/C24H24F2N6/c1-24(25,26)22-11-19(29-30-22)17-3-2-4-18-16(17)7-9-31-10-8-27-23(12-21(18)31)32-13-20(28-14-32)15-5-6-15/h2-4,11-15H,5-10H2,1H3,(H,29,30). The summed E-state index contributed by atoms with van der Waals surface area (Å²) in [5.74, 6) is -1.47. The first-order chi connectivity index (χ1) is 15.5. The Labute approximate surface area is 184 Å². The number of alkyl halides is 2. The highest BCUT2D eigenvalue weighted by atomic mass is 19.3. The number of aromatic amines is 1. The molecule has 1 saturated carbocycles. The van der Waals surface area contributed by atoms with E-state index in [0.29, 0.717) is 11.6 Å². The maximum atomic E-state index is 13.7. The summed E-state index contributed by atoms with van der Waals surface area (Å²) < 4.78 is 29.5. The van der Waals surface area contributed by atoms with E-state index in [4.69, 9.17) is 4.99 Å². The molecule has 2 aromatic heterocycles. The molecule has 32 heavy (non-hydrogen) atoms. The van der Waals surface area contributed by atoms with Crippen LogP contribution in [0.1, 0.15) is 48.2 Å². The van der Waals surface area contributed by atoms with Gasteiger partial charge >= 0.3 is 0 Å². The molecule has 6 nitrogen and oxygen atoms in total. The first-order valence-corrected chi connectivity index (χ1v) is 11.1. The molecular formula is C24H24F2N6. The Balaban J connectivity index is 1.40. The molecule has 1 aliphatic carbocycles. The van der Waals surface area contributed by atoms with Crippen LogP contribution in [0.15, 0.2) is 47.9 Å². The number of nitrogens with one attached hydrogen (secondary N) is 1. The maximum absolute atomic E-state index is 13.7. The second-order valence-corrected chi connectivity index (χ2v) is 8.87. The van der Waals surface area contributed by atoms with Gasteiger partial charge in [0.15, 0.2) is 0 Å². The largest absolute Gasteiger partial charge is 0.369 e. The fourth-order valence-corrected chi connectivity index (χ4v) is 4.62. The molecule has 0 amide bonds. The second-order valence-electron chi connectivity index (χ2n) is 8.87. The summed E-state index contributed by atoms with van der Waals surface area (Å²) in [6.45, 7) is 3.30. The molecular weight excluding hydrogens is 410 g/mol. The molecule has 0 saturated heterocycles. The zero-order valence-corrected chi connectivity index (χ0v) is 17.9. The van der Waals surface area contributed by atoms with Crippen LogP contribution in [0.4, 0.5) is 8.78 Å². The average Bonchev–Trinajstić information content (AvgIpc) is 3.35. The topological polar surface area (TPSA) is 62.1 Å². The maximum Gasteiger partial charge on any atom is 0.286 e. The summed E-state index contributed by atoms with van der Waals surface area (Å²) in [7, 11) is 0. The van der Waals surface area contributed by atoms with Crippen molar-refractivity contribution >= 4 is 11.5 Å². The molecule has 6 rings (SSSR count). The number of aliphatic imine (C=N–C) groups is 1. The molecule has 0 radical (unpaired) electrons. The molecule has 0 unspecified atom stereocenters. The summed E-state index contributed by atoms with van der Waals surface area (Å²) in [6, 6.07) is 7.50. The lowest BCUT2D eigenvalue weighted by Gasteiger charge is -2.33. The van der Waals surface area contributed by atoms with Crippen LogP contribution in [-0.4, -0.2) is 50.1 Å². The number of rotatable bonds is 3. The third-order valence-electron chi connectivity index (χ3n) is 6.52. The van der Waals surface area contributed by atoms with E-state index in [9.17, 15) is 8.78 Å². The van der Waals surface area contributed by atoms with Crippen molar-refractivity contribution in [3.05, 3.63) is 65.4 Å². The monoisotopic (exact) mass is 434 g/mol. The highest BCUT2D eigenvalue weighted by molar-refractivity contribution is 6.01. The van der Waals surface area contributed by atoms with Gasteiger partial charge in [0, 0.05) is 55.0 Å². The van der Waals surface area contributed by atoms with E-state index in [-0.39, 0.29) is 5.69 Å². The third-order valence-corrected chi connectivity index (χ3v) is 6.52. The van der Waals surface area contributed by atoms with Crippen LogP contribution in [0.25, 0.3) is 17.0 Å². The van der Waals surface area contributed by atoms with E-state index >= 15 is 0 Å². The fourth-order valence-electron chi connectivity index (χ4n) is 4.62. The molecule has 3 aromatic rings. The van der Waals surface area contributed by atoms with Crippen LogP contribution in [0.5, 0.6) is 0 Å². The van der Waals surface area contributed by atoms with Crippen LogP contribution in [-0.2, 0) is 12.3 Å². The van der Waals surface area contributed by atoms with Crippen LogP contribution < -0.4 is 0 Å². The van der Waals surface area contributed by atoms with Gasteiger partial charge in [0.2, 0.25) is 0 Å². The molecule has 164 valence electrons. The Morgan fingerprint density at radius 2 is 2.00 bits per heavy atom. The predicted molar refractivity (Wildman–Crippen MR) is 119 cm³/mol. The van der Waals surface area contributed by atoms with Gasteiger partial charge in [0.1, 0.15) is 17.9 Å². The minimum Gasteiger partial charge on any atom is -0.369 e. The van der Waals surface area contributed by atoms with Crippen molar-refractivity contribution in [1.82, 2.24) is 24.6 Å². The quantitative estimate of drug-likeness (QED) is 0.664. The molecule has 2 aliphatic heterocycles. The highest BCUT2D eigenvalue weighted by Gasteiger charge is 2.30. The molecule has 8 heteroatoms. The van der Waals surface area contributed by atoms with E-state index in [0.717, 1.165) is 66.9 Å². The van der Waals surface area contributed by atoms with E-state index in [1.807, 2.05) is 23.0 Å². The molecule has 1 aromatic carbocycles. The zero-order chi connectivity index (χ0) is 21.9. The number of hydrogen-bond donors (Lipinski definition) is 1. The molecule has 1 N–H and O–H groups in total. The smallest absolute Gasteiger partial charge is 0.286 e. The van der Waals surface area contributed by atoms with Gasteiger partial charge in [0.25, 0.3) is 5.92 Å². The lowest BCUT2D eigenvalue weighted by molar-refractivity contribution is 0.0127. The first kappa shape index (κ1) is 19.4. The number of halogens is 2. The Kier molecular flexibility index (Phi) is 4.31. The van der Waals surface area contributed by atoms with Crippen molar-refractivity contribution in [1.29, 1.82) is 0 Å². The Bertz CT molecular complexity index is 1240. The number of imidazole rings is 1. The number of benzene rings is 1. The summed E-state index contributed by atoms with van der Waals surface area (Å²) in [5.41, 5.74) is 5.78. The lowest BCUT2D eigenvalue weighted by atomic mass is 9.90. The van der Waals surface area contributed by atoms with Crippen molar-refractivity contribution in [3.63, 3.8) is 0 Å². The fraction of sp³-hybridized carbons (Fsp3) is 0.375. The van der Waals surface area contributed by atoms with Gasteiger partial charge in [-0.3, -0.25) is 14.7 Å². The summed E-state index contributed by atoms with van der Waals surface area (Å²) >= 11 is 0. The van der Waals surface area contributed by atoms with Crippen molar-refractivity contribution in [2.24, 2.45) is 4.99 Å². The van der Waals surface area contributed by atoms with E-state index < -0.39 is 5.92 Å². The summed E-state index contributed by atoms with van der Waals surface area (Å²) in [6.07, 6.45) is 9.35. The SMILES string of the molecule is CC(F)(F)c1cc(-c2cccc3c2CCN2CCN=C(n4cnc(C5CC5)c4)C=C32)n[nH]1. The zero-order valence-electron chi connectivity index (χ0n) is 17.9. The molecule has 0 spiro atoms. The second kappa shape index (κ2) is 7.12. The van der Waals surface area contributed by atoms with Crippen LogP contribution >= 0.6 is 0 Å². The average molecular weight is 434 g/mol. The minimum atomic E-state index is -2.95. The normalized spacial score (nSPS) is 18.5. The van der Waals surface area contributed by atoms with Crippen molar-refractivity contribution in [2.75, 3.05) is 19.6 Å². The number of hydrogen-bond acceptors (Lipinski definition) is 4. The van der Waals surface area contributed by atoms with Gasteiger partial charge in [-0.1, -0.05) is 18.2 Å². The molecule has 3 aliphatic rings. The van der Waals surface area contributed by atoms with Gasteiger partial charge in [0.05, 0.1) is 17.9 Å². The van der Waals surface area contributed by atoms with Crippen LogP contribution in [0.3, 0.4) is 0 Å². The number of fused-ring (bicyclic) bond motifs is 3. The predicted octanol–water partition coefficient (Wildman–Crippen LogP) is 4.42. The van der Waals surface area contributed by atoms with Gasteiger partial charge in [-0.2, -0.15) is 13.9 Å². The number of allylic oxidation sites excluding steroid dienone is 1. The van der Waals surface area contributed by atoms with Crippen LogP contribution in [0.2, 0.25) is 0 Å². The van der Waals surface area contributed by atoms with Gasteiger partial charge in [-0.15, -0.1) is 0 Å². The lowest BCUT2D eigenvalue weighted by Crippen LogP contribution is -2.31. The number of H-pyrrole nitrogens is 1. The van der Waals surface area contributed by atoms with E-state index in [1.165, 1.54) is 18.9 Å². The summed E-state index contributed by atoms with van der Waals surface area (Å²) in [4.78, 5) is 11.7. The molecule has 0 bridgehead atoms. The number of aromatic nitrogens is 4. The van der Waals surface area contributed by atoms with Crippen LogP contribution in [0, 0.1) is 0 Å². The van der Waals surface area contributed by atoms with Gasteiger partial charge in [-0.05, 0) is 30.9 Å².